The van der Waals surface area contributed by atoms with Crippen LogP contribution in [0, 0.1) is 11.8 Å². The Hall–Kier alpha value is -4.81. The second-order valence-electron chi connectivity index (χ2n) is 6.88. The van der Waals surface area contributed by atoms with Crippen LogP contribution >= 0.6 is 0 Å². The van der Waals surface area contributed by atoms with Crippen LogP contribution in [-0.4, -0.2) is 40.5 Å². The number of carbonyl (C=O) groups is 2. The molecule has 0 spiro atoms. The third-order valence-electron chi connectivity index (χ3n) is 4.48. The average Bonchev–Trinajstić information content (AvgIpc) is 2.85. The molecule has 4 aromatic rings. The number of hydrogen-bond acceptors (Lipinski definition) is 7. The van der Waals surface area contributed by atoms with Crippen LogP contribution in [0.4, 0.5) is 11.5 Å². The fraction of sp³-hybridized carbons (Fsp3) is 0.0800. The summed E-state index contributed by atoms with van der Waals surface area (Å²) in [5.41, 5.74) is 1.44. The van der Waals surface area contributed by atoms with E-state index in [1.165, 1.54) is 13.3 Å². The molecule has 3 aromatic heterocycles. The smallest absolute Gasteiger partial charge is 0.300 e. The number of benzene rings is 1. The van der Waals surface area contributed by atoms with E-state index in [-0.39, 0.29) is 18.2 Å². The molecular formula is C25H19N5O4. The molecule has 0 saturated carbocycles. The molecule has 9 nitrogen and oxygen atoms in total. The van der Waals surface area contributed by atoms with Crippen molar-refractivity contribution in [2.24, 2.45) is 0 Å². The van der Waals surface area contributed by atoms with Gasteiger partial charge in [-0.2, -0.15) is 0 Å². The zero-order valence-corrected chi connectivity index (χ0v) is 18.1. The third-order valence-corrected chi connectivity index (χ3v) is 4.48. The highest BCUT2D eigenvalue weighted by Crippen LogP contribution is 2.30. The maximum atomic E-state index is 12.4. The number of nitrogens with zero attached hydrogens (tertiary/aromatic N) is 3. The first kappa shape index (κ1) is 22.4. The van der Waals surface area contributed by atoms with Crippen LogP contribution in [0.25, 0.3) is 10.9 Å². The Balaban J connectivity index is 1.49. The molecule has 9 heteroatoms. The van der Waals surface area contributed by atoms with E-state index in [0.29, 0.717) is 33.9 Å². The number of amides is 2. The summed E-state index contributed by atoms with van der Waals surface area (Å²) >= 11 is 0. The lowest BCUT2D eigenvalue weighted by atomic mass is 10.2. The Morgan fingerprint density at radius 2 is 1.88 bits per heavy atom. The number of carbonyl (C=O) groups excluding carboxylic acids is 2. The Morgan fingerprint density at radius 3 is 2.65 bits per heavy atom. The van der Waals surface area contributed by atoms with Crippen molar-refractivity contribution in [3.05, 3.63) is 78.9 Å². The van der Waals surface area contributed by atoms with Gasteiger partial charge in [0.2, 0.25) is 0 Å². The quantitative estimate of drug-likeness (QED) is 0.428. The molecule has 3 heterocycles. The number of fused-ring (bicyclic) bond motifs is 1. The van der Waals surface area contributed by atoms with Crippen molar-refractivity contribution in [3.8, 4) is 23.3 Å². The molecule has 0 aliphatic heterocycles. The van der Waals surface area contributed by atoms with E-state index in [0.717, 1.165) is 0 Å². The number of hydrogen-bond donors (Lipinski definition) is 2. The maximum Gasteiger partial charge on any atom is 0.300 e. The molecule has 0 saturated heterocycles. The summed E-state index contributed by atoms with van der Waals surface area (Å²) in [4.78, 5) is 36.9. The fourth-order valence-electron chi connectivity index (χ4n) is 2.96. The number of aromatic nitrogens is 3. The van der Waals surface area contributed by atoms with Gasteiger partial charge in [-0.1, -0.05) is 12.0 Å². The highest BCUT2D eigenvalue weighted by atomic mass is 16.5. The lowest BCUT2D eigenvalue weighted by Gasteiger charge is -2.10. The molecule has 34 heavy (non-hydrogen) atoms. The molecule has 0 radical (unpaired) electrons. The second-order valence-corrected chi connectivity index (χ2v) is 6.88. The summed E-state index contributed by atoms with van der Waals surface area (Å²) in [6, 6.07) is 15.4. The number of anilines is 2. The molecule has 0 bridgehead atoms. The Labute approximate surface area is 195 Å². The Morgan fingerprint density at radius 1 is 0.971 bits per heavy atom. The van der Waals surface area contributed by atoms with E-state index in [9.17, 15) is 9.59 Å². The largest absolute Gasteiger partial charge is 0.455 e. The lowest BCUT2D eigenvalue weighted by molar-refractivity contribution is -0.111. The first-order valence-corrected chi connectivity index (χ1v) is 10.2. The summed E-state index contributed by atoms with van der Waals surface area (Å²) in [6.07, 6.45) is 4.66. The minimum atomic E-state index is -0.452. The summed E-state index contributed by atoms with van der Waals surface area (Å²) in [5.74, 6) is 5.60. The topological polar surface area (TPSA) is 115 Å². The molecule has 0 unspecified atom stereocenters. The number of methoxy groups -OCH3 is 1. The molecule has 0 fully saturated rings. The van der Waals surface area contributed by atoms with E-state index < -0.39 is 5.91 Å². The van der Waals surface area contributed by atoms with Crippen LogP contribution in [0.15, 0.2) is 73.2 Å². The molecule has 0 aliphatic rings. The molecule has 4 rings (SSSR count). The summed E-state index contributed by atoms with van der Waals surface area (Å²) in [7, 11) is 1.50. The Bertz CT molecular complexity index is 1380. The summed E-state index contributed by atoms with van der Waals surface area (Å²) < 4.78 is 10.8. The van der Waals surface area contributed by atoms with E-state index in [1.807, 2.05) is 0 Å². The van der Waals surface area contributed by atoms with E-state index >= 15 is 0 Å². The zero-order chi connectivity index (χ0) is 23.8. The van der Waals surface area contributed by atoms with Crippen LogP contribution in [0.1, 0.15) is 10.5 Å². The van der Waals surface area contributed by atoms with Gasteiger partial charge in [-0.3, -0.25) is 14.6 Å². The van der Waals surface area contributed by atoms with Crippen LogP contribution in [0.5, 0.6) is 11.5 Å². The SMILES string of the molecule is COCC#CC(=O)Nc1ccc2nccc(Oc3ccc(C(=O)Nc4ccccn4)nc3)c2c1. The monoisotopic (exact) mass is 453 g/mol. The van der Waals surface area contributed by atoms with Crippen molar-refractivity contribution in [2.45, 2.75) is 0 Å². The summed E-state index contributed by atoms with van der Waals surface area (Å²) in [5, 5.41) is 6.07. The normalized spacial score (nSPS) is 10.1. The lowest BCUT2D eigenvalue weighted by Crippen LogP contribution is -2.14. The average molecular weight is 453 g/mol. The highest BCUT2D eigenvalue weighted by molar-refractivity contribution is 6.05. The maximum absolute atomic E-state index is 12.4. The first-order chi connectivity index (χ1) is 16.6. The molecule has 168 valence electrons. The van der Waals surface area contributed by atoms with Crippen molar-refractivity contribution in [1.29, 1.82) is 0 Å². The van der Waals surface area contributed by atoms with Gasteiger partial charge in [0.1, 0.15) is 29.6 Å². The number of pyridine rings is 3. The Kier molecular flexibility index (Phi) is 7.03. The number of rotatable bonds is 6. The van der Waals surface area contributed by atoms with Crippen molar-refractivity contribution in [1.82, 2.24) is 15.0 Å². The summed E-state index contributed by atoms with van der Waals surface area (Å²) in [6.45, 7) is 0.171. The molecule has 1 aromatic carbocycles. The highest BCUT2D eigenvalue weighted by Gasteiger charge is 2.11. The van der Waals surface area contributed by atoms with E-state index in [4.69, 9.17) is 9.47 Å². The van der Waals surface area contributed by atoms with Gasteiger partial charge in [0.25, 0.3) is 11.8 Å². The van der Waals surface area contributed by atoms with Crippen molar-refractivity contribution < 1.29 is 19.1 Å². The predicted octanol–water partition coefficient (Wildman–Crippen LogP) is 3.66. The van der Waals surface area contributed by atoms with Crippen LogP contribution in [-0.2, 0) is 9.53 Å². The van der Waals surface area contributed by atoms with Gasteiger partial charge >= 0.3 is 0 Å². The zero-order valence-electron chi connectivity index (χ0n) is 18.1. The van der Waals surface area contributed by atoms with Gasteiger partial charge in [0, 0.05) is 30.6 Å². The van der Waals surface area contributed by atoms with Gasteiger partial charge in [0.05, 0.1) is 11.7 Å². The van der Waals surface area contributed by atoms with Gasteiger partial charge in [0.15, 0.2) is 0 Å². The molecule has 2 amide bonds. The van der Waals surface area contributed by atoms with E-state index in [1.54, 1.807) is 67.0 Å². The predicted molar refractivity (Wildman–Crippen MR) is 127 cm³/mol. The van der Waals surface area contributed by atoms with Crippen molar-refractivity contribution in [2.75, 3.05) is 24.4 Å². The number of ether oxygens (including phenoxy) is 2. The van der Waals surface area contributed by atoms with Gasteiger partial charge in [-0.25, -0.2) is 9.97 Å². The molecular weight excluding hydrogens is 434 g/mol. The second kappa shape index (κ2) is 10.7. The van der Waals surface area contributed by atoms with Crippen LogP contribution in [0.2, 0.25) is 0 Å². The third kappa shape index (κ3) is 5.70. The van der Waals surface area contributed by atoms with Gasteiger partial charge in [-0.05, 0) is 54.5 Å². The minimum absolute atomic E-state index is 0.171. The standard InChI is InChI=1S/C25H19N5O4/c1-33-14-4-6-24(31)29-17-7-9-20-19(15-17)22(11-13-26-20)34-18-8-10-21(28-16-18)25(32)30-23-5-2-3-12-27-23/h2-3,5,7-13,15-16H,14H2,1H3,(H,29,31)(H,27,30,32). The molecule has 2 N–H and O–H groups in total. The number of nitrogens with one attached hydrogen (secondary N) is 2. The van der Waals surface area contributed by atoms with E-state index in [2.05, 4.69) is 37.4 Å². The minimum Gasteiger partial charge on any atom is -0.455 e. The molecule has 0 atom stereocenters. The van der Waals surface area contributed by atoms with Crippen molar-refractivity contribution in [3.63, 3.8) is 0 Å². The van der Waals surface area contributed by atoms with Crippen LogP contribution in [0.3, 0.4) is 0 Å². The van der Waals surface area contributed by atoms with Gasteiger partial charge in [-0.15, -0.1) is 0 Å². The fourth-order valence-corrected chi connectivity index (χ4v) is 2.96. The first-order valence-electron chi connectivity index (χ1n) is 10.2. The molecule has 0 aliphatic carbocycles. The van der Waals surface area contributed by atoms with Gasteiger partial charge < -0.3 is 20.1 Å². The van der Waals surface area contributed by atoms with Crippen molar-refractivity contribution >= 4 is 34.2 Å². The van der Waals surface area contributed by atoms with Crippen LogP contribution < -0.4 is 15.4 Å².